The first-order chi connectivity index (χ1) is 11.1. The molecule has 3 aromatic rings. The van der Waals surface area contributed by atoms with Crippen molar-refractivity contribution in [3.05, 3.63) is 54.9 Å². The molecular weight excluding hydrogens is 308 g/mol. The highest BCUT2D eigenvalue weighted by Gasteiger charge is 2.10. The maximum absolute atomic E-state index is 13.5. The quantitative estimate of drug-likeness (QED) is 0.770. The van der Waals surface area contributed by atoms with Crippen molar-refractivity contribution >= 4 is 17.5 Å². The van der Waals surface area contributed by atoms with Gasteiger partial charge in [0.15, 0.2) is 5.82 Å². The Morgan fingerprint density at radius 1 is 1.09 bits per heavy atom. The van der Waals surface area contributed by atoms with E-state index in [0.717, 1.165) is 18.2 Å². The number of rotatable bonds is 3. The Bertz CT molecular complexity index is 838. The number of carbonyl (C=O) groups excluding carboxylic acids is 1. The Kier molecular flexibility index (Phi) is 3.87. The van der Waals surface area contributed by atoms with E-state index in [0.29, 0.717) is 5.82 Å². The van der Waals surface area contributed by atoms with Crippen LogP contribution < -0.4 is 10.6 Å². The average molecular weight is 317 g/mol. The Morgan fingerprint density at radius 3 is 2.74 bits per heavy atom. The molecule has 10 heteroatoms. The molecule has 0 saturated heterocycles. The molecular formula is C13H9F2N7O. The van der Waals surface area contributed by atoms with Gasteiger partial charge in [-0.05, 0) is 12.1 Å². The fourth-order valence-electron chi connectivity index (χ4n) is 1.73. The van der Waals surface area contributed by atoms with E-state index in [9.17, 15) is 13.6 Å². The number of halogens is 2. The highest BCUT2D eigenvalue weighted by atomic mass is 19.1. The van der Waals surface area contributed by atoms with Crippen LogP contribution in [-0.2, 0) is 0 Å². The smallest absolute Gasteiger partial charge is 0.305 e. The molecule has 2 N–H and O–H groups in total. The molecule has 0 spiro atoms. The predicted octanol–water partition coefficient (Wildman–Crippen LogP) is 1.98. The highest BCUT2D eigenvalue weighted by molar-refractivity contribution is 5.99. The summed E-state index contributed by atoms with van der Waals surface area (Å²) >= 11 is 0. The van der Waals surface area contributed by atoms with Crippen LogP contribution in [0.15, 0.2) is 43.2 Å². The third kappa shape index (κ3) is 3.43. The summed E-state index contributed by atoms with van der Waals surface area (Å²) in [5.41, 5.74) is -0.284. The summed E-state index contributed by atoms with van der Waals surface area (Å²) < 4.78 is 27.9. The molecule has 116 valence electrons. The summed E-state index contributed by atoms with van der Waals surface area (Å²) in [4.78, 5) is 23.4. The van der Waals surface area contributed by atoms with Crippen molar-refractivity contribution in [3.8, 4) is 5.82 Å². The summed E-state index contributed by atoms with van der Waals surface area (Å²) in [7, 11) is 0. The minimum atomic E-state index is -0.780. The monoisotopic (exact) mass is 317 g/mol. The lowest BCUT2D eigenvalue weighted by molar-refractivity contribution is 0.262. The number of carbonyl (C=O) groups is 1. The van der Waals surface area contributed by atoms with Gasteiger partial charge in [-0.15, -0.1) is 0 Å². The molecule has 2 amide bonds. The molecule has 0 aliphatic rings. The van der Waals surface area contributed by atoms with Crippen molar-refractivity contribution in [2.24, 2.45) is 0 Å². The second-order valence-electron chi connectivity index (χ2n) is 4.30. The van der Waals surface area contributed by atoms with Crippen LogP contribution in [0, 0.1) is 11.6 Å². The number of urea groups is 1. The zero-order valence-electron chi connectivity index (χ0n) is 11.4. The summed E-state index contributed by atoms with van der Waals surface area (Å²) in [5, 5.41) is 8.47. The van der Waals surface area contributed by atoms with Crippen molar-refractivity contribution in [2.75, 3.05) is 10.6 Å². The number of amides is 2. The number of nitrogens with one attached hydrogen (secondary N) is 2. The van der Waals surface area contributed by atoms with Crippen molar-refractivity contribution < 1.29 is 13.6 Å². The van der Waals surface area contributed by atoms with E-state index >= 15 is 0 Å². The average Bonchev–Trinajstić information content (AvgIpc) is 3.05. The third-order valence-corrected chi connectivity index (χ3v) is 2.72. The Morgan fingerprint density at radius 2 is 1.96 bits per heavy atom. The summed E-state index contributed by atoms with van der Waals surface area (Å²) in [6, 6.07) is 3.40. The minimum absolute atomic E-state index is 0.153. The number of nitrogens with zero attached hydrogens (tertiary/aromatic N) is 5. The van der Waals surface area contributed by atoms with Gasteiger partial charge in [0.1, 0.15) is 36.4 Å². The second-order valence-corrected chi connectivity index (χ2v) is 4.30. The molecule has 0 atom stereocenters. The van der Waals surface area contributed by atoms with Crippen LogP contribution in [0.2, 0.25) is 0 Å². The second kappa shape index (κ2) is 6.13. The first-order valence-corrected chi connectivity index (χ1v) is 6.32. The van der Waals surface area contributed by atoms with E-state index in [1.165, 1.54) is 29.7 Å². The zero-order chi connectivity index (χ0) is 16.2. The molecule has 1 aromatic carbocycles. The first kappa shape index (κ1) is 14.5. The summed E-state index contributed by atoms with van der Waals surface area (Å²) in [6.45, 7) is 0. The SMILES string of the molecule is O=C(Nc1cc(-n2cncn2)ncn1)Nc1cc(F)ccc1F. The van der Waals surface area contributed by atoms with Crippen LogP contribution in [-0.4, -0.2) is 30.8 Å². The van der Waals surface area contributed by atoms with Crippen molar-refractivity contribution in [3.63, 3.8) is 0 Å². The number of hydrogen-bond donors (Lipinski definition) is 2. The van der Waals surface area contributed by atoms with Crippen LogP contribution in [0.1, 0.15) is 0 Å². The lowest BCUT2D eigenvalue weighted by atomic mass is 10.3. The maximum atomic E-state index is 13.5. The Hall–Kier alpha value is -3.43. The van der Waals surface area contributed by atoms with Gasteiger partial charge < -0.3 is 5.32 Å². The van der Waals surface area contributed by atoms with E-state index in [4.69, 9.17) is 0 Å². The van der Waals surface area contributed by atoms with Crippen LogP contribution >= 0.6 is 0 Å². The number of anilines is 2. The van der Waals surface area contributed by atoms with Crippen LogP contribution in [0.4, 0.5) is 25.1 Å². The lowest BCUT2D eigenvalue weighted by Crippen LogP contribution is -2.21. The highest BCUT2D eigenvalue weighted by Crippen LogP contribution is 2.15. The van der Waals surface area contributed by atoms with Crippen LogP contribution in [0.25, 0.3) is 5.82 Å². The van der Waals surface area contributed by atoms with Gasteiger partial charge in [-0.3, -0.25) is 5.32 Å². The Balaban J connectivity index is 1.73. The normalized spacial score (nSPS) is 10.3. The fraction of sp³-hybridized carbons (Fsp3) is 0. The molecule has 0 radical (unpaired) electrons. The molecule has 3 rings (SSSR count). The lowest BCUT2D eigenvalue weighted by Gasteiger charge is -2.08. The maximum Gasteiger partial charge on any atom is 0.324 e. The van der Waals surface area contributed by atoms with Gasteiger partial charge in [-0.25, -0.2) is 33.2 Å². The van der Waals surface area contributed by atoms with Gasteiger partial charge >= 0.3 is 6.03 Å². The van der Waals surface area contributed by atoms with Gasteiger partial charge in [-0.2, -0.15) is 5.10 Å². The molecule has 2 aromatic heterocycles. The summed E-state index contributed by atoms with van der Waals surface area (Å²) in [5.74, 6) is -0.894. The molecule has 0 aliphatic carbocycles. The topological polar surface area (TPSA) is 97.6 Å². The van der Waals surface area contributed by atoms with Gasteiger partial charge in [-0.1, -0.05) is 0 Å². The third-order valence-electron chi connectivity index (χ3n) is 2.72. The van der Waals surface area contributed by atoms with Crippen molar-refractivity contribution in [2.45, 2.75) is 0 Å². The minimum Gasteiger partial charge on any atom is -0.305 e. The van der Waals surface area contributed by atoms with E-state index in [1.807, 2.05) is 0 Å². The summed E-state index contributed by atoms with van der Waals surface area (Å²) in [6.07, 6.45) is 3.97. The van der Waals surface area contributed by atoms with E-state index in [2.05, 4.69) is 30.7 Å². The molecule has 0 fully saturated rings. The van der Waals surface area contributed by atoms with Crippen LogP contribution in [0.5, 0.6) is 0 Å². The van der Waals surface area contributed by atoms with Gasteiger partial charge in [0.25, 0.3) is 0 Å². The van der Waals surface area contributed by atoms with Gasteiger partial charge in [0.2, 0.25) is 0 Å². The van der Waals surface area contributed by atoms with Gasteiger partial charge in [0.05, 0.1) is 5.69 Å². The van der Waals surface area contributed by atoms with E-state index in [1.54, 1.807) is 0 Å². The van der Waals surface area contributed by atoms with Gasteiger partial charge in [0, 0.05) is 12.1 Å². The zero-order valence-corrected chi connectivity index (χ0v) is 11.4. The first-order valence-electron chi connectivity index (χ1n) is 6.32. The number of aromatic nitrogens is 5. The molecule has 0 saturated carbocycles. The van der Waals surface area contributed by atoms with E-state index < -0.39 is 17.7 Å². The molecule has 0 unspecified atom stereocenters. The van der Waals surface area contributed by atoms with E-state index in [-0.39, 0.29) is 11.5 Å². The fourth-order valence-corrected chi connectivity index (χ4v) is 1.73. The molecule has 2 heterocycles. The largest absolute Gasteiger partial charge is 0.324 e. The Labute approximate surface area is 128 Å². The number of benzene rings is 1. The van der Waals surface area contributed by atoms with Crippen LogP contribution in [0.3, 0.4) is 0 Å². The standard InChI is InChI=1S/C13H9F2N7O/c14-8-1-2-9(15)10(3-8)20-13(23)21-11-4-12(18-6-17-11)22-7-16-5-19-22/h1-7H,(H2,17,18,20,21,23). The van der Waals surface area contributed by atoms with Crippen molar-refractivity contribution in [1.29, 1.82) is 0 Å². The predicted molar refractivity (Wildman–Crippen MR) is 75.9 cm³/mol. The molecule has 8 nitrogen and oxygen atoms in total. The molecule has 0 aliphatic heterocycles. The molecule has 23 heavy (non-hydrogen) atoms. The van der Waals surface area contributed by atoms with Crippen molar-refractivity contribution in [1.82, 2.24) is 24.7 Å². The number of hydrogen-bond acceptors (Lipinski definition) is 5. The molecule has 0 bridgehead atoms.